The number of sulfonamides is 1. The maximum atomic E-state index is 14.0. The first-order valence-corrected chi connectivity index (χ1v) is 12.5. The summed E-state index contributed by atoms with van der Waals surface area (Å²) in [4.78, 5) is 27.8. The van der Waals surface area contributed by atoms with E-state index in [2.05, 4.69) is 10.0 Å². The van der Waals surface area contributed by atoms with Crippen molar-refractivity contribution in [3.8, 4) is 5.75 Å². The number of ether oxygens (including phenoxy) is 1. The van der Waals surface area contributed by atoms with E-state index in [9.17, 15) is 22.4 Å². The number of carbonyl (C=O) groups excluding carboxylic acids is 2. The molecular weight excluding hydrogens is 449 g/mol. The van der Waals surface area contributed by atoms with Crippen LogP contribution in [0, 0.1) is 11.7 Å². The number of nitrogens with zero attached hydrogens (tertiary/aromatic N) is 1. The smallest absolute Gasteiger partial charge is 0.230 e. The molecule has 1 fully saturated rings. The van der Waals surface area contributed by atoms with Crippen molar-refractivity contribution in [2.24, 2.45) is 5.92 Å². The monoisotopic (exact) mass is 477 g/mol. The van der Waals surface area contributed by atoms with Gasteiger partial charge in [0.25, 0.3) is 0 Å². The number of methoxy groups -OCH3 is 1. The number of nitrogens with one attached hydrogen (secondary N) is 2. The van der Waals surface area contributed by atoms with Gasteiger partial charge in [-0.15, -0.1) is 0 Å². The summed E-state index contributed by atoms with van der Waals surface area (Å²) in [6.07, 6.45) is 2.67. The highest BCUT2D eigenvalue weighted by molar-refractivity contribution is 7.92. The molecule has 1 saturated heterocycles. The molecule has 1 aliphatic heterocycles. The lowest BCUT2D eigenvalue weighted by Gasteiger charge is -2.28. The zero-order valence-electron chi connectivity index (χ0n) is 18.8. The lowest BCUT2D eigenvalue weighted by Crippen LogP contribution is -2.33. The minimum atomic E-state index is -3.70. The van der Waals surface area contributed by atoms with Gasteiger partial charge in [0.05, 0.1) is 31.0 Å². The van der Waals surface area contributed by atoms with Crippen molar-refractivity contribution in [2.75, 3.05) is 29.9 Å². The normalized spacial score (nSPS) is 18.3. The fourth-order valence-electron chi connectivity index (χ4n) is 3.95. The Morgan fingerprint density at radius 2 is 1.91 bits per heavy atom. The molecule has 10 heteroatoms. The molecule has 0 spiro atoms. The van der Waals surface area contributed by atoms with Crippen LogP contribution in [0.5, 0.6) is 5.75 Å². The summed E-state index contributed by atoms with van der Waals surface area (Å²) in [6, 6.07) is 10.4. The van der Waals surface area contributed by atoms with Gasteiger partial charge in [0, 0.05) is 18.7 Å². The second-order valence-electron chi connectivity index (χ2n) is 8.03. The molecule has 2 atom stereocenters. The molecule has 0 bridgehead atoms. The predicted octanol–water partition coefficient (Wildman–Crippen LogP) is 3.53. The fraction of sp³-hybridized carbons (Fsp3) is 0.391. The number of carbonyl (C=O) groups is 2. The van der Waals surface area contributed by atoms with E-state index < -0.39 is 33.7 Å². The maximum Gasteiger partial charge on any atom is 0.230 e. The van der Waals surface area contributed by atoms with Crippen LogP contribution in [-0.4, -0.2) is 45.0 Å². The highest BCUT2D eigenvalue weighted by atomic mass is 32.2. The SMILES string of the molecule is CCCCN1C(=O)C[C@H](C(=O)Nc2ccc(F)c(NS(C)(=O)=O)c2)[C@@H]1c1ccc(OC)cc1. The zero-order valence-corrected chi connectivity index (χ0v) is 19.6. The van der Waals surface area contributed by atoms with Crippen LogP contribution in [0.2, 0.25) is 0 Å². The second-order valence-corrected chi connectivity index (χ2v) is 9.78. The summed E-state index contributed by atoms with van der Waals surface area (Å²) in [5.41, 5.74) is 0.769. The minimum absolute atomic E-state index is 0.0435. The number of hydrogen-bond acceptors (Lipinski definition) is 5. The van der Waals surface area contributed by atoms with Gasteiger partial charge >= 0.3 is 0 Å². The van der Waals surface area contributed by atoms with E-state index in [1.807, 2.05) is 19.1 Å². The Labute approximate surface area is 193 Å². The molecule has 0 unspecified atom stereocenters. The number of hydrogen-bond donors (Lipinski definition) is 2. The van der Waals surface area contributed by atoms with Gasteiger partial charge in [-0.2, -0.15) is 0 Å². The topological polar surface area (TPSA) is 105 Å². The number of rotatable bonds is 9. The van der Waals surface area contributed by atoms with E-state index in [1.54, 1.807) is 24.1 Å². The highest BCUT2D eigenvalue weighted by Gasteiger charge is 2.44. The van der Waals surface area contributed by atoms with Crippen molar-refractivity contribution < 1.29 is 27.1 Å². The van der Waals surface area contributed by atoms with E-state index in [4.69, 9.17) is 4.74 Å². The molecule has 8 nitrogen and oxygen atoms in total. The van der Waals surface area contributed by atoms with Gasteiger partial charge in [0.2, 0.25) is 21.8 Å². The average molecular weight is 478 g/mol. The van der Waals surface area contributed by atoms with Crippen LogP contribution in [0.3, 0.4) is 0 Å². The van der Waals surface area contributed by atoms with Crippen LogP contribution < -0.4 is 14.8 Å². The van der Waals surface area contributed by atoms with Gasteiger partial charge in [-0.25, -0.2) is 12.8 Å². The summed E-state index contributed by atoms with van der Waals surface area (Å²) in [7, 11) is -2.14. The van der Waals surface area contributed by atoms with Gasteiger partial charge < -0.3 is 15.0 Å². The molecule has 1 aliphatic rings. The number of amides is 2. The summed E-state index contributed by atoms with van der Waals surface area (Å²) in [5, 5.41) is 2.71. The van der Waals surface area contributed by atoms with E-state index in [-0.39, 0.29) is 23.7 Å². The Balaban J connectivity index is 1.88. The van der Waals surface area contributed by atoms with Gasteiger partial charge in [-0.1, -0.05) is 25.5 Å². The molecule has 33 heavy (non-hydrogen) atoms. The van der Waals surface area contributed by atoms with Crippen LogP contribution >= 0.6 is 0 Å². The van der Waals surface area contributed by atoms with Crippen LogP contribution in [0.25, 0.3) is 0 Å². The van der Waals surface area contributed by atoms with Crippen molar-refractivity contribution in [1.82, 2.24) is 4.90 Å². The standard InChI is InChI=1S/C23H28FN3O5S/c1-4-5-12-27-21(28)14-18(22(27)15-6-9-17(32-2)10-7-15)23(29)25-16-8-11-19(24)20(13-16)26-33(3,30)31/h6-11,13,18,22,26H,4-5,12,14H2,1-3H3,(H,25,29)/t18-,22-/m0/s1. The molecule has 0 aromatic heterocycles. The number of likely N-dealkylation sites (tertiary alicyclic amines) is 1. The Hall–Kier alpha value is -3.14. The molecule has 2 amide bonds. The zero-order chi connectivity index (χ0) is 24.2. The first-order chi connectivity index (χ1) is 15.6. The Bertz CT molecular complexity index is 1120. The summed E-state index contributed by atoms with van der Waals surface area (Å²) in [6.45, 7) is 2.57. The third-order valence-electron chi connectivity index (χ3n) is 5.51. The number of benzene rings is 2. The van der Waals surface area contributed by atoms with Crippen LogP contribution in [0.4, 0.5) is 15.8 Å². The summed E-state index contributed by atoms with van der Waals surface area (Å²) < 4.78 is 44.3. The largest absolute Gasteiger partial charge is 0.497 e. The fourth-order valence-corrected chi connectivity index (χ4v) is 4.50. The number of unbranched alkanes of at least 4 members (excludes halogenated alkanes) is 1. The van der Waals surface area contributed by atoms with Crippen molar-refractivity contribution in [2.45, 2.75) is 32.2 Å². The van der Waals surface area contributed by atoms with E-state index in [0.29, 0.717) is 12.3 Å². The Morgan fingerprint density at radius 3 is 2.52 bits per heavy atom. The van der Waals surface area contributed by atoms with E-state index in [0.717, 1.165) is 30.7 Å². The molecule has 178 valence electrons. The molecule has 0 radical (unpaired) electrons. The molecular formula is C23H28FN3O5S. The Kier molecular flexibility index (Phi) is 7.57. The molecule has 2 N–H and O–H groups in total. The van der Waals surface area contributed by atoms with Crippen LogP contribution in [0.15, 0.2) is 42.5 Å². The van der Waals surface area contributed by atoms with Crippen molar-refractivity contribution in [3.63, 3.8) is 0 Å². The minimum Gasteiger partial charge on any atom is -0.497 e. The molecule has 1 heterocycles. The van der Waals surface area contributed by atoms with Gasteiger partial charge in [0.15, 0.2) is 0 Å². The first kappa shape index (κ1) is 24.5. The molecule has 3 rings (SSSR count). The Morgan fingerprint density at radius 1 is 1.21 bits per heavy atom. The van der Waals surface area contributed by atoms with Crippen LogP contribution in [-0.2, 0) is 19.6 Å². The highest BCUT2D eigenvalue weighted by Crippen LogP contribution is 2.39. The quantitative estimate of drug-likeness (QED) is 0.575. The van der Waals surface area contributed by atoms with Crippen molar-refractivity contribution in [3.05, 3.63) is 53.8 Å². The van der Waals surface area contributed by atoms with Gasteiger partial charge in [-0.3, -0.25) is 14.3 Å². The third kappa shape index (κ3) is 6.01. The van der Waals surface area contributed by atoms with E-state index >= 15 is 0 Å². The molecule has 0 saturated carbocycles. The average Bonchev–Trinajstić information content (AvgIpc) is 3.10. The maximum absolute atomic E-state index is 14.0. The molecule has 2 aromatic carbocycles. The van der Waals surface area contributed by atoms with Gasteiger partial charge in [0.1, 0.15) is 11.6 Å². The predicted molar refractivity (Wildman–Crippen MR) is 124 cm³/mol. The third-order valence-corrected chi connectivity index (χ3v) is 6.10. The van der Waals surface area contributed by atoms with E-state index in [1.165, 1.54) is 12.1 Å². The second kappa shape index (κ2) is 10.2. The van der Waals surface area contributed by atoms with Gasteiger partial charge in [-0.05, 0) is 42.3 Å². The molecule has 0 aliphatic carbocycles. The first-order valence-electron chi connectivity index (χ1n) is 10.6. The number of halogens is 1. The lowest BCUT2D eigenvalue weighted by molar-refractivity contribution is -0.129. The summed E-state index contributed by atoms with van der Waals surface area (Å²) >= 11 is 0. The molecule has 2 aromatic rings. The van der Waals surface area contributed by atoms with Crippen LogP contribution in [0.1, 0.15) is 37.8 Å². The van der Waals surface area contributed by atoms with Crippen molar-refractivity contribution >= 4 is 33.2 Å². The van der Waals surface area contributed by atoms with Crippen molar-refractivity contribution in [1.29, 1.82) is 0 Å². The summed E-state index contributed by atoms with van der Waals surface area (Å²) in [5.74, 6) is -1.28. The lowest BCUT2D eigenvalue weighted by atomic mass is 9.92. The number of anilines is 2.